The number of azide groups is 1. The van der Waals surface area contributed by atoms with Gasteiger partial charge in [0.15, 0.2) is 0 Å². The van der Waals surface area contributed by atoms with Gasteiger partial charge in [-0.05, 0) is 33.1 Å². The zero-order valence-corrected chi connectivity index (χ0v) is 7.19. The van der Waals surface area contributed by atoms with Crippen molar-refractivity contribution in [2.24, 2.45) is 5.11 Å². The second-order valence-electron chi connectivity index (χ2n) is 1.86. The molecule has 0 aliphatic heterocycles. The highest BCUT2D eigenvalue weighted by Gasteiger charge is 1.94. The van der Waals surface area contributed by atoms with Gasteiger partial charge in [0.05, 0.1) is 6.54 Å². The molecule has 11 heavy (non-hydrogen) atoms. The van der Waals surface area contributed by atoms with Crippen LogP contribution in [0.25, 0.3) is 10.4 Å². The lowest BCUT2D eigenvalue weighted by molar-refractivity contribution is 1.03. The molecule has 0 aliphatic carbocycles. The molecule has 4 nitrogen and oxygen atoms in total. The third-order valence-electron chi connectivity index (χ3n) is 1.16. The summed E-state index contributed by atoms with van der Waals surface area (Å²) >= 11 is 3.28. The molecular formula is C6H5BrN4. The van der Waals surface area contributed by atoms with E-state index in [0.29, 0.717) is 6.54 Å². The lowest BCUT2D eigenvalue weighted by atomic mass is 10.3. The summed E-state index contributed by atoms with van der Waals surface area (Å²) in [6, 6.07) is 1.80. The minimum Gasteiger partial charge on any atom is -0.264 e. The number of nitrogens with zero attached hydrogens (tertiary/aromatic N) is 4. The van der Waals surface area contributed by atoms with E-state index in [2.05, 4.69) is 30.9 Å². The summed E-state index contributed by atoms with van der Waals surface area (Å²) in [6.07, 6.45) is 3.33. The van der Waals surface area contributed by atoms with E-state index < -0.39 is 0 Å². The quantitative estimate of drug-likeness (QED) is 0.423. The number of halogens is 1. The molecule has 1 aromatic rings. The molecule has 0 N–H and O–H groups in total. The average Bonchev–Trinajstić information content (AvgIpc) is 2.03. The molecule has 0 saturated heterocycles. The molecule has 1 rings (SSSR count). The molecule has 0 atom stereocenters. The normalized spacial score (nSPS) is 8.82. The molecular weight excluding hydrogens is 208 g/mol. The smallest absolute Gasteiger partial charge is 0.0523 e. The van der Waals surface area contributed by atoms with Crippen LogP contribution in [-0.4, -0.2) is 4.98 Å². The molecule has 0 radical (unpaired) electrons. The Morgan fingerprint density at radius 3 is 3.18 bits per heavy atom. The second-order valence-corrected chi connectivity index (χ2v) is 2.71. The molecule has 0 spiro atoms. The first-order valence-corrected chi connectivity index (χ1v) is 3.73. The van der Waals surface area contributed by atoms with Crippen LogP contribution in [0.3, 0.4) is 0 Å². The van der Waals surface area contributed by atoms with Gasteiger partial charge >= 0.3 is 0 Å². The molecule has 0 aliphatic rings. The third-order valence-corrected chi connectivity index (χ3v) is 1.87. The van der Waals surface area contributed by atoms with Crippen molar-refractivity contribution in [1.29, 1.82) is 0 Å². The molecule has 0 saturated carbocycles. The van der Waals surface area contributed by atoms with Crippen molar-refractivity contribution >= 4 is 15.9 Å². The minimum atomic E-state index is 0.361. The fourth-order valence-corrected chi connectivity index (χ4v) is 1.02. The highest BCUT2D eigenvalue weighted by Crippen LogP contribution is 2.14. The summed E-state index contributed by atoms with van der Waals surface area (Å²) in [5.41, 5.74) is 8.99. The maximum Gasteiger partial charge on any atom is 0.0523 e. The van der Waals surface area contributed by atoms with E-state index in [1.165, 1.54) is 0 Å². The summed E-state index contributed by atoms with van der Waals surface area (Å²) in [4.78, 5) is 6.53. The maximum absolute atomic E-state index is 8.05. The van der Waals surface area contributed by atoms with Gasteiger partial charge in [-0.1, -0.05) is 5.11 Å². The standard InChI is InChI=1S/C6H5BrN4/c7-6-4-9-2-1-5(6)3-10-11-8/h1-2,4H,3H2. The van der Waals surface area contributed by atoms with E-state index in [1.807, 2.05) is 0 Å². The number of aromatic nitrogens is 1. The van der Waals surface area contributed by atoms with Gasteiger partial charge in [-0.25, -0.2) is 0 Å². The first kappa shape index (κ1) is 8.04. The topological polar surface area (TPSA) is 61.7 Å². The predicted molar refractivity (Wildman–Crippen MR) is 44.8 cm³/mol. The van der Waals surface area contributed by atoms with Gasteiger partial charge in [-0.15, -0.1) is 0 Å². The lowest BCUT2D eigenvalue weighted by Gasteiger charge is -1.96. The van der Waals surface area contributed by atoms with Crippen LogP contribution in [0.2, 0.25) is 0 Å². The van der Waals surface area contributed by atoms with E-state index in [0.717, 1.165) is 10.0 Å². The Morgan fingerprint density at radius 1 is 1.73 bits per heavy atom. The summed E-state index contributed by atoms with van der Waals surface area (Å²) in [7, 11) is 0. The number of rotatable bonds is 2. The highest BCUT2D eigenvalue weighted by atomic mass is 79.9. The van der Waals surface area contributed by atoms with Crippen molar-refractivity contribution < 1.29 is 0 Å². The zero-order valence-electron chi connectivity index (χ0n) is 5.61. The Labute approximate surface area is 72.0 Å². The maximum atomic E-state index is 8.05. The van der Waals surface area contributed by atoms with Crippen molar-refractivity contribution in [1.82, 2.24) is 4.98 Å². The van der Waals surface area contributed by atoms with Crippen LogP contribution in [0, 0.1) is 0 Å². The Kier molecular flexibility index (Phi) is 2.89. The van der Waals surface area contributed by atoms with Gasteiger partial charge in [-0.3, -0.25) is 4.98 Å². The molecule has 0 unspecified atom stereocenters. The molecule has 1 heterocycles. The summed E-state index contributed by atoms with van der Waals surface area (Å²) in [5.74, 6) is 0. The van der Waals surface area contributed by atoms with E-state index in [1.54, 1.807) is 18.5 Å². The Bertz CT molecular complexity index is 292. The van der Waals surface area contributed by atoms with Crippen molar-refractivity contribution in [3.05, 3.63) is 38.9 Å². The van der Waals surface area contributed by atoms with Gasteiger partial charge in [0.1, 0.15) is 0 Å². The van der Waals surface area contributed by atoms with Crippen LogP contribution in [0.1, 0.15) is 5.56 Å². The summed E-state index contributed by atoms with van der Waals surface area (Å²) in [6.45, 7) is 0.361. The van der Waals surface area contributed by atoms with Crippen LogP contribution in [0.5, 0.6) is 0 Å². The number of hydrogen-bond donors (Lipinski definition) is 0. The van der Waals surface area contributed by atoms with Crippen LogP contribution in [-0.2, 0) is 6.54 Å². The minimum absolute atomic E-state index is 0.361. The van der Waals surface area contributed by atoms with Crippen molar-refractivity contribution in [3.8, 4) is 0 Å². The SMILES string of the molecule is [N-]=[N+]=NCc1ccncc1Br. The Hall–Kier alpha value is -1.06. The molecule has 56 valence electrons. The molecule has 0 amide bonds. The third kappa shape index (κ3) is 2.22. The molecule has 0 bridgehead atoms. The van der Waals surface area contributed by atoms with Gasteiger partial charge in [0.25, 0.3) is 0 Å². The van der Waals surface area contributed by atoms with Crippen molar-refractivity contribution in [2.75, 3.05) is 0 Å². The predicted octanol–water partition coefficient (Wildman–Crippen LogP) is 2.65. The molecule has 5 heteroatoms. The number of hydrogen-bond acceptors (Lipinski definition) is 2. The monoisotopic (exact) mass is 212 g/mol. The largest absolute Gasteiger partial charge is 0.264 e. The van der Waals surface area contributed by atoms with Crippen LogP contribution in [0.4, 0.5) is 0 Å². The fraction of sp³-hybridized carbons (Fsp3) is 0.167. The van der Waals surface area contributed by atoms with E-state index in [9.17, 15) is 0 Å². The first-order valence-electron chi connectivity index (χ1n) is 2.94. The van der Waals surface area contributed by atoms with E-state index in [-0.39, 0.29) is 0 Å². The summed E-state index contributed by atoms with van der Waals surface area (Å²) in [5, 5.41) is 3.43. The summed E-state index contributed by atoms with van der Waals surface area (Å²) < 4.78 is 0.868. The number of pyridine rings is 1. The molecule has 0 aromatic carbocycles. The van der Waals surface area contributed by atoms with Crippen molar-refractivity contribution in [2.45, 2.75) is 6.54 Å². The van der Waals surface area contributed by atoms with Gasteiger partial charge in [0.2, 0.25) is 0 Å². The van der Waals surface area contributed by atoms with Gasteiger partial charge in [0, 0.05) is 21.8 Å². The zero-order chi connectivity index (χ0) is 8.10. The Morgan fingerprint density at radius 2 is 2.55 bits per heavy atom. The van der Waals surface area contributed by atoms with Crippen LogP contribution >= 0.6 is 15.9 Å². The first-order chi connectivity index (χ1) is 5.34. The van der Waals surface area contributed by atoms with Crippen LogP contribution in [0.15, 0.2) is 28.0 Å². The second kappa shape index (κ2) is 3.95. The lowest BCUT2D eigenvalue weighted by Crippen LogP contribution is -1.82. The fourth-order valence-electron chi connectivity index (χ4n) is 0.640. The molecule has 0 fully saturated rings. The van der Waals surface area contributed by atoms with E-state index in [4.69, 9.17) is 5.53 Å². The van der Waals surface area contributed by atoms with E-state index >= 15 is 0 Å². The Balaban J connectivity index is 2.85. The van der Waals surface area contributed by atoms with Crippen LogP contribution < -0.4 is 0 Å². The highest BCUT2D eigenvalue weighted by molar-refractivity contribution is 9.10. The van der Waals surface area contributed by atoms with Gasteiger partial charge in [-0.2, -0.15) is 0 Å². The molecule has 1 aromatic heterocycles. The van der Waals surface area contributed by atoms with Gasteiger partial charge < -0.3 is 0 Å². The average molecular weight is 213 g/mol. The van der Waals surface area contributed by atoms with Crippen molar-refractivity contribution in [3.63, 3.8) is 0 Å².